The normalized spacial score (nSPS) is 14.4. The van der Waals surface area contributed by atoms with E-state index in [0.717, 1.165) is 12.1 Å². The molecule has 1 aliphatic rings. The lowest BCUT2D eigenvalue weighted by Crippen LogP contribution is -2.23. The van der Waals surface area contributed by atoms with E-state index in [1.165, 1.54) is 0 Å². The number of carbonyl (C=O) groups excluding carboxylic acids is 2. The first-order chi connectivity index (χ1) is 8.70. The van der Waals surface area contributed by atoms with Gasteiger partial charge in [0.2, 0.25) is 11.8 Å². The number of benzene rings is 1. The van der Waals surface area contributed by atoms with E-state index in [0.29, 0.717) is 18.7 Å². The van der Waals surface area contributed by atoms with E-state index < -0.39 is 0 Å². The molecule has 1 N–H and O–H groups in total. The van der Waals surface area contributed by atoms with Crippen LogP contribution in [0.2, 0.25) is 0 Å². The molecule has 0 aromatic heterocycles. The maximum atomic E-state index is 11.6. The number of rotatable bonds is 3. The summed E-state index contributed by atoms with van der Waals surface area (Å²) in [6.07, 6.45) is 1.27. The Hall–Kier alpha value is -2.35. The number of amides is 2. The zero-order valence-electron chi connectivity index (χ0n) is 9.85. The summed E-state index contributed by atoms with van der Waals surface area (Å²) in [5.41, 5.74) is 1.39. The highest BCUT2D eigenvalue weighted by Gasteiger charge is 2.21. The van der Waals surface area contributed by atoms with Gasteiger partial charge in [-0.1, -0.05) is 6.07 Å². The van der Waals surface area contributed by atoms with Crippen LogP contribution in [-0.4, -0.2) is 18.4 Å². The van der Waals surface area contributed by atoms with Crippen LogP contribution in [0.3, 0.4) is 0 Å². The lowest BCUT2D eigenvalue weighted by atomic mass is 10.2. The van der Waals surface area contributed by atoms with Crippen molar-refractivity contribution >= 4 is 23.2 Å². The van der Waals surface area contributed by atoms with Crippen molar-refractivity contribution in [1.29, 1.82) is 5.26 Å². The molecule has 0 saturated carbocycles. The molecule has 2 rings (SSSR count). The van der Waals surface area contributed by atoms with E-state index in [1.807, 2.05) is 6.07 Å². The van der Waals surface area contributed by atoms with Crippen LogP contribution < -0.4 is 10.2 Å². The lowest BCUT2D eigenvalue weighted by molar-refractivity contribution is -0.117. The molecule has 1 aromatic rings. The minimum absolute atomic E-state index is 0.107. The largest absolute Gasteiger partial charge is 0.325 e. The predicted octanol–water partition coefficient (Wildman–Crippen LogP) is 1.67. The Balaban J connectivity index is 2.12. The fourth-order valence-corrected chi connectivity index (χ4v) is 1.95. The monoisotopic (exact) mass is 243 g/mol. The van der Waals surface area contributed by atoms with Crippen LogP contribution in [0, 0.1) is 11.3 Å². The third-order valence-electron chi connectivity index (χ3n) is 2.75. The van der Waals surface area contributed by atoms with Gasteiger partial charge in [-0.3, -0.25) is 9.59 Å². The van der Waals surface area contributed by atoms with Crippen LogP contribution >= 0.6 is 0 Å². The molecule has 0 bridgehead atoms. The molecule has 5 heteroatoms. The summed E-state index contributed by atoms with van der Waals surface area (Å²) in [5.74, 6) is -0.238. The van der Waals surface area contributed by atoms with Crippen LogP contribution in [0.5, 0.6) is 0 Å². The first-order valence-corrected chi connectivity index (χ1v) is 5.78. The molecule has 0 atom stereocenters. The highest BCUT2D eigenvalue weighted by Crippen LogP contribution is 2.24. The molecular weight excluding hydrogens is 230 g/mol. The van der Waals surface area contributed by atoms with Crippen molar-refractivity contribution in [1.82, 2.24) is 0 Å². The molecule has 1 saturated heterocycles. The summed E-state index contributed by atoms with van der Waals surface area (Å²) in [6.45, 7) is 0.717. The van der Waals surface area contributed by atoms with E-state index in [4.69, 9.17) is 5.26 Å². The molecule has 0 spiro atoms. The van der Waals surface area contributed by atoms with Gasteiger partial charge in [0.05, 0.1) is 6.07 Å². The van der Waals surface area contributed by atoms with Crippen LogP contribution in [0.4, 0.5) is 11.4 Å². The van der Waals surface area contributed by atoms with Gasteiger partial charge in [-0.15, -0.1) is 0 Å². The molecule has 1 aliphatic heterocycles. The van der Waals surface area contributed by atoms with Crippen molar-refractivity contribution < 1.29 is 9.59 Å². The smallest absolute Gasteiger partial charge is 0.238 e. The molecule has 0 unspecified atom stereocenters. The summed E-state index contributed by atoms with van der Waals surface area (Å²) in [7, 11) is 0. The highest BCUT2D eigenvalue weighted by atomic mass is 16.2. The third-order valence-corrected chi connectivity index (χ3v) is 2.75. The summed E-state index contributed by atoms with van der Waals surface area (Å²) < 4.78 is 0. The van der Waals surface area contributed by atoms with Crippen molar-refractivity contribution in [3.63, 3.8) is 0 Å². The van der Waals surface area contributed by atoms with Gasteiger partial charge in [-0.2, -0.15) is 5.26 Å². The summed E-state index contributed by atoms with van der Waals surface area (Å²) in [4.78, 5) is 24.6. The van der Waals surface area contributed by atoms with Gasteiger partial charge < -0.3 is 10.2 Å². The molecule has 92 valence electrons. The summed E-state index contributed by atoms with van der Waals surface area (Å²) in [5, 5.41) is 11.0. The average molecular weight is 243 g/mol. The molecule has 5 nitrogen and oxygen atoms in total. The van der Waals surface area contributed by atoms with Crippen molar-refractivity contribution in [2.45, 2.75) is 19.3 Å². The zero-order chi connectivity index (χ0) is 13.0. The second-order valence-electron chi connectivity index (χ2n) is 4.08. The van der Waals surface area contributed by atoms with E-state index in [1.54, 1.807) is 29.2 Å². The maximum Gasteiger partial charge on any atom is 0.238 e. The Labute approximate surface area is 105 Å². The van der Waals surface area contributed by atoms with Crippen LogP contribution in [0.25, 0.3) is 0 Å². The minimum Gasteiger partial charge on any atom is -0.325 e. The van der Waals surface area contributed by atoms with Gasteiger partial charge in [-0.05, 0) is 24.6 Å². The van der Waals surface area contributed by atoms with Crippen LogP contribution in [0.15, 0.2) is 24.3 Å². The van der Waals surface area contributed by atoms with Crippen molar-refractivity contribution in [3.05, 3.63) is 24.3 Å². The lowest BCUT2D eigenvalue weighted by Gasteiger charge is -2.16. The van der Waals surface area contributed by atoms with E-state index >= 15 is 0 Å². The Morgan fingerprint density at radius 2 is 2.33 bits per heavy atom. The molecular formula is C13H13N3O2. The molecule has 1 fully saturated rings. The van der Waals surface area contributed by atoms with Crippen molar-refractivity contribution in [2.75, 3.05) is 16.8 Å². The fourth-order valence-electron chi connectivity index (χ4n) is 1.95. The Kier molecular flexibility index (Phi) is 3.58. The maximum absolute atomic E-state index is 11.6. The minimum atomic E-state index is -0.345. The van der Waals surface area contributed by atoms with Crippen LogP contribution in [-0.2, 0) is 9.59 Å². The number of nitrogens with zero attached hydrogens (tertiary/aromatic N) is 2. The van der Waals surface area contributed by atoms with E-state index in [9.17, 15) is 9.59 Å². The van der Waals surface area contributed by atoms with Gasteiger partial charge in [0.25, 0.3) is 0 Å². The SMILES string of the molecule is N#CCC(=O)Nc1cccc(N2CCCC2=O)c1. The number of nitrogens with one attached hydrogen (secondary N) is 1. The average Bonchev–Trinajstić information content (AvgIpc) is 2.76. The van der Waals surface area contributed by atoms with Gasteiger partial charge in [0, 0.05) is 24.3 Å². The molecule has 18 heavy (non-hydrogen) atoms. The van der Waals surface area contributed by atoms with Gasteiger partial charge in [-0.25, -0.2) is 0 Å². The molecule has 1 aromatic carbocycles. The number of anilines is 2. The Bertz CT molecular complexity index is 519. The highest BCUT2D eigenvalue weighted by molar-refractivity contribution is 5.97. The van der Waals surface area contributed by atoms with Crippen LogP contribution in [0.1, 0.15) is 19.3 Å². The molecule has 0 aliphatic carbocycles. The first kappa shape index (κ1) is 12.1. The predicted molar refractivity (Wildman–Crippen MR) is 66.9 cm³/mol. The van der Waals surface area contributed by atoms with Gasteiger partial charge >= 0.3 is 0 Å². The second kappa shape index (κ2) is 5.32. The molecule has 0 radical (unpaired) electrons. The number of hydrogen-bond acceptors (Lipinski definition) is 3. The summed E-state index contributed by atoms with van der Waals surface area (Å²) in [6, 6.07) is 8.89. The number of nitriles is 1. The van der Waals surface area contributed by atoms with Gasteiger partial charge in [0.1, 0.15) is 6.42 Å². The summed E-state index contributed by atoms with van der Waals surface area (Å²) >= 11 is 0. The standard InChI is InChI=1S/C13H13N3O2/c14-7-6-12(17)15-10-3-1-4-11(9-10)16-8-2-5-13(16)18/h1,3-4,9H,2,5-6,8H2,(H,15,17). The third kappa shape index (κ3) is 2.66. The molecule has 1 heterocycles. The second-order valence-corrected chi connectivity index (χ2v) is 4.08. The van der Waals surface area contributed by atoms with Gasteiger partial charge in [0.15, 0.2) is 0 Å². The number of carbonyl (C=O) groups is 2. The first-order valence-electron chi connectivity index (χ1n) is 5.78. The Morgan fingerprint density at radius 1 is 1.50 bits per heavy atom. The molecule has 2 amide bonds. The Morgan fingerprint density at radius 3 is 3.00 bits per heavy atom. The van der Waals surface area contributed by atoms with E-state index in [-0.39, 0.29) is 18.2 Å². The van der Waals surface area contributed by atoms with E-state index in [2.05, 4.69) is 5.32 Å². The number of hydrogen-bond donors (Lipinski definition) is 1. The van der Waals surface area contributed by atoms with Crippen molar-refractivity contribution in [2.24, 2.45) is 0 Å². The topological polar surface area (TPSA) is 73.2 Å². The fraction of sp³-hybridized carbons (Fsp3) is 0.308. The zero-order valence-corrected chi connectivity index (χ0v) is 9.85. The van der Waals surface area contributed by atoms with Crippen molar-refractivity contribution in [3.8, 4) is 6.07 Å². The quantitative estimate of drug-likeness (QED) is 0.877.